The molecule has 2 fully saturated rings. The van der Waals surface area contributed by atoms with E-state index >= 15 is 0 Å². The molecular formula is C20H31NO5S. The summed E-state index contributed by atoms with van der Waals surface area (Å²) in [5.41, 5.74) is 1.45. The normalized spacial score (nSPS) is 26.6. The summed E-state index contributed by atoms with van der Waals surface area (Å²) in [6.07, 6.45) is 3.16. The van der Waals surface area contributed by atoms with Crippen LogP contribution < -0.4 is 0 Å². The van der Waals surface area contributed by atoms with Gasteiger partial charge in [-0.15, -0.1) is 0 Å². The molecular weight excluding hydrogens is 366 g/mol. The monoisotopic (exact) mass is 397 g/mol. The van der Waals surface area contributed by atoms with Crippen LogP contribution in [-0.2, 0) is 25.9 Å². The number of ketones is 1. The molecule has 2 saturated carbocycles. The number of nitrogens with zero attached hydrogens (tertiary/aromatic N) is 1. The van der Waals surface area contributed by atoms with E-state index in [0.717, 1.165) is 37.5 Å². The molecule has 1 aromatic rings. The van der Waals surface area contributed by atoms with Gasteiger partial charge in [-0.25, -0.2) is 8.42 Å². The Labute approximate surface area is 163 Å². The van der Waals surface area contributed by atoms with E-state index in [1.807, 2.05) is 0 Å². The maximum Gasteiger partial charge on any atom is 0.217 e. The third-order valence-corrected chi connectivity index (χ3v) is 6.90. The molecule has 0 radical (unpaired) electrons. The Hall–Kier alpha value is -1.28. The minimum Gasteiger partial charge on any atom is -0.726 e. The van der Waals surface area contributed by atoms with Crippen LogP contribution in [0.25, 0.3) is 0 Å². The Bertz CT molecular complexity index is 773. The van der Waals surface area contributed by atoms with Gasteiger partial charge in [0.25, 0.3) is 0 Å². The van der Waals surface area contributed by atoms with E-state index in [9.17, 15) is 17.8 Å². The van der Waals surface area contributed by atoms with Gasteiger partial charge in [0, 0.05) is 12.0 Å². The quantitative estimate of drug-likeness (QED) is 0.433. The van der Waals surface area contributed by atoms with E-state index in [2.05, 4.69) is 62.5 Å². The molecule has 152 valence electrons. The van der Waals surface area contributed by atoms with Crippen LogP contribution in [0.4, 0.5) is 0 Å². The van der Waals surface area contributed by atoms with Crippen LogP contribution in [0.5, 0.6) is 0 Å². The number of hydrogen-bond donors (Lipinski definition) is 0. The lowest BCUT2D eigenvalue weighted by Gasteiger charge is -2.43. The lowest BCUT2D eigenvalue weighted by atomic mass is 9.68. The fourth-order valence-corrected chi connectivity index (χ4v) is 5.00. The predicted octanol–water partition coefficient (Wildman–Crippen LogP) is 2.75. The van der Waals surface area contributed by atoms with E-state index in [1.54, 1.807) is 0 Å². The minimum atomic E-state index is -4.41. The summed E-state index contributed by atoms with van der Waals surface area (Å²) in [6.45, 7) is 6.64. The summed E-state index contributed by atoms with van der Waals surface area (Å²) in [4.78, 5) is 12.7. The van der Waals surface area contributed by atoms with Crippen LogP contribution in [0.2, 0.25) is 0 Å². The van der Waals surface area contributed by atoms with Gasteiger partial charge in [-0.05, 0) is 24.2 Å². The molecule has 2 aliphatic rings. The molecule has 6 nitrogen and oxygen atoms in total. The Morgan fingerprint density at radius 3 is 2.19 bits per heavy atom. The van der Waals surface area contributed by atoms with Crippen LogP contribution in [0, 0.1) is 16.7 Å². The highest BCUT2D eigenvalue weighted by Gasteiger charge is 2.66. The average Bonchev–Trinajstić information content (AvgIpc) is 2.89. The van der Waals surface area contributed by atoms with E-state index in [1.165, 1.54) is 12.0 Å². The number of quaternary nitrogens is 1. The molecule has 3 rings (SSSR count). The van der Waals surface area contributed by atoms with Crippen molar-refractivity contribution in [1.29, 1.82) is 0 Å². The van der Waals surface area contributed by atoms with Crippen molar-refractivity contribution in [3.8, 4) is 0 Å². The van der Waals surface area contributed by atoms with Gasteiger partial charge in [0.1, 0.15) is 12.3 Å². The molecule has 0 amide bonds. The first-order valence-electron chi connectivity index (χ1n) is 9.24. The fraction of sp³-hybridized carbons (Fsp3) is 0.650. The van der Waals surface area contributed by atoms with Crippen molar-refractivity contribution >= 4 is 16.2 Å². The van der Waals surface area contributed by atoms with Crippen molar-refractivity contribution in [3.05, 3.63) is 35.9 Å². The van der Waals surface area contributed by atoms with Crippen molar-refractivity contribution in [1.82, 2.24) is 0 Å². The van der Waals surface area contributed by atoms with E-state index in [4.69, 9.17) is 0 Å². The zero-order valence-corrected chi connectivity index (χ0v) is 17.7. The van der Waals surface area contributed by atoms with Crippen molar-refractivity contribution in [2.24, 2.45) is 16.7 Å². The van der Waals surface area contributed by atoms with E-state index in [0.29, 0.717) is 11.7 Å². The molecule has 0 aliphatic heterocycles. The molecule has 0 N–H and O–H groups in total. The number of benzene rings is 1. The largest absolute Gasteiger partial charge is 0.726 e. The second-order valence-corrected chi connectivity index (χ2v) is 10.1. The first-order chi connectivity index (χ1) is 12.3. The summed E-state index contributed by atoms with van der Waals surface area (Å²) in [5.74, 6) is 1.14. The summed E-state index contributed by atoms with van der Waals surface area (Å²) in [7, 11) is 0.945. The minimum absolute atomic E-state index is 0.0874. The van der Waals surface area contributed by atoms with Gasteiger partial charge in [0.05, 0.1) is 33.2 Å². The summed E-state index contributed by atoms with van der Waals surface area (Å²) in [5, 5.41) is 0. The second kappa shape index (κ2) is 7.62. The zero-order valence-electron chi connectivity index (χ0n) is 16.9. The number of rotatable bonds is 5. The highest BCUT2D eigenvalue weighted by molar-refractivity contribution is 7.80. The molecule has 2 unspecified atom stereocenters. The molecule has 2 atom stereocenters. The van der Waals surface area contributed by atoms with Crippen molar-refractivity contribution in [3.63, 3.8) is 0 Å². The molecule has 2 bridgehead atoms. The predicted molar refractivity (Wildman–Crippen MR) is 102 cm³/mol. The Balaban J connectivity index is 0.000000380. The molecule has 0 spiro atoms. The molecule has 0 saturated heterocycles. The highest BCUT2D eigenvalue weighted by atomic mass is 32.3. The van der Waals surface area contributed by atoms with Crippen LogP contribution in [0.1, 0.15) is 38.7 Å². The number of carbonyl (C=O) groups excluding carboxylic acids is 1. The second-order valence-electron chi connectivity index (χ2n) is 8.98. The maximum atomic E-state index is 12.7. The van der Waals surface area contributed by atoms with Gasteiger partial charge in [-0.1, -0.05) is 44.2 Å². The third kappa shape index (κ3) is 4.77. The van der Waals surface area contributed by atoms with Crippen LogP contribution in [0.15, 0.2) is 30.3 Å². The molecule has 0 heterocycles. The van der Waals surface area contributed by atoms with Crippen molar-refractivity contribution < 1.29 is 26.4 Å². The Morgan fingerprint density at radius 1 is 1.22 bits per heavy atom. The van der Waals surface area contributed by atoms with Gasteiger partial charge in [0.15, 0.2) is 0 Å². The Kier molecular flexibility index (Phi) is 6.21. The number of hydrogen-bond acceptors (Lipinski definition) is 5. The van der Waals surface area contributed by atoms with Gasteiger partial charge < -0.3 is 9.04 Å². The topological polar surface area (TPSA) is 83.5 Å². The highest BCUT2D eigenvalue weighted by Crippen LogP contribution is 2.64. The lowest BCUT2D eigenvalue weighted by molar-refractivity contribution is -0.909. The fourth-order valence-electron chi connectivity index (χ4n) is 5.00. The Morgan fingerprint density at radius 2 is 1.78 bits per heavy atom. The number of fused-ring (bicyclic) bond motifs is 2. The van der Waals surface area contributed by atoms with Gasteiger partial charge in [-0.3, -0.25) is 8.98 Å². The van der Waals surface area contributed by atoms with Crippen molar-refractivity contribution in [2.75, 3.05) is 27.7 Å². The van der Waals surface area contributed by atoms with Crippen molar-refractivity contribution in [2.45, 2.75) is 39.7 Å². The molecule has 7 heteroatoms. The number of carbonyl (C=O) groups is 1. The zero-order chi connectivity index (χ0) is 20.5. The number of Topliss-reactive ketones (excluding diaryl/α,β-unsaturated/α-hetero) is 1. The average molecular weight is 398 g/mol. The first kappa shape index (κ1) is 22.0. The molecule has 2 aliphatic carbocycles. The molecule has 1 aromatic carbocycles. The summed E-state index contributed by atoms with van der Waals surface area (Å²) < 4.78 is 31.9. The third-order valence-electron chi connectivity index (χ3n) is 6.49. The smallest absolute Gasteiger partial charge is 0.217 e. The van der Waals surface area contributed by atoms with Crippen LogP contribution >= 0.6 is 0 Å². The van der Waals surface area contributed by atoms with E-state index in [-0.39, 0.29) is 10.8 Å². The van der Waals surface area contributed by atoms with Crippen LogP contribution in [-0.4, -0.2) is 51.0 Å². The van der Waals surface area contributed by atoms with Gasteiger partial charge in [0.2, 0.25) is 10.4 Å². The lowest BCUT2D eigenvalue weighted by Crippen LogP contribution is -2.53. The molecule has 0 aromatic heterocycles. The van der Waals surface area contributed by atoms with Gasteiger partial charge >= 0.3 is 0 Å². The standard InChI is InChI=1S/C19H28NO.CH4O4S/c1-18(2)16-10-11-19(18,17(21)12-16)14-20(3,4)13-15-8-6-5-7-9-15;1-5-6(2,3)4/h5-9,16H,10-14H2,1-4H3;1H3,(H,2,3,4)/q+1;/p-1. The van der Waals surface area contributed by atoms with Gasteiger partial charge in [-0.2, -0.15) is 0 Å². The SMILES string of the molecule is CC1(C)C2CCC1(C[N+](C)(C)Cc1ccccc1)C(=O)C2.COS(=O)(=O)[O-]. The summed E-state index contributed by atoms with van der Waals surface area (Å²) in [6, 6.07) is 10.6. The maximum absolute atomic E-state index is 12.7. The van der Waals surface area contributed by atoms with E-state index < -0.39 is 10.4 Å². The first-order valence-corrected chi connectivity index (χ1v) is 10.6. The summed E-state index contributed by atoms with van der Waals surface area (Å²) >= 11 is 0. The molecule has 27 heavy (non-hydrogen) atoms. The van der Waals surface area contributed by atoms with Crippen LogP contribution in [0.3, 0.4) is 0 Å².